The van der Waals surface area contributed by atoms with Crippen LogP contribution in [-0.2, 0) is 11.2 Å². The van der Waals surface area contributed by atoms with Crippen molar-refractivity contribution >= 4 is 17.7 Å². The van der Waals surface area contributed by atoms with Crippen LogP contribution in [0.3, 0.4) is 0 Å². The lowest BCUT2D eigenvalue weighted by molar-refractivity contribution is 0.0638. The zero-order valence-corrected chi connectivity index (χ0v) is 15.5. The second-order valence-corrected chi connectivity index (χ2v) is 6.47. The highest BCUT2D eigenvalue weighted by Gasteiger charge is 2.35. The Kier molecular flexibility index (Phi) is 6.16. The minimum absolute atomic E-state index is 0.226. The van der Waals surface area contributed by atoms with Gasteiger partial charge in [0.05, 0.1) is 11.1 Å². The van der Waals surface area contributed by atoms with Crippen molar-refractivity contribution < 1.29 is 23.5 Å². The summed E-state index contributed by atoms with van der Waals surface area (Å²) in [5.74, 6) is -1.45. The van der Waals surface area contributed by atoms with Crippen LogP contribution in [0.1, 0.15) is 43.1 Å². The van der Waals surface area contributed by atoms with Crippen molar-refractivity contribution in [3.63, 3.8) is 0 Å². The van der Waals surface area contributed by atoms with Crippen molar-refractivity contribution in [1.29, 1.82) is 0 Å². The first-order valence-electron chi connectivity index (χ1n) is 9.03. The molecule has 0 bridgehead atoms. The van der Waals surface area contributed by atoms with Crippen LogP contribution in [0, 0.1) is 5.82 Å². The van der Waals surface area contributed by atoms with Gasteiger partial charge in [0, 0.05) is 32.4 Å². The van der Waals surface area contributed by atoms with E-state index >= 15 is 0 Å². The predicted molar refractivity (Wildman–Crippen MR) is 101 cm³/mol. The van der Waals surface area contributed by atoms with E-state index in [9.17, 15) is 18.8 Å². The minimum atomic E-state index is -0.405. The van der Waals surface area contributed by atoms with Crippen LogP contribution in [0.5, 0.6) is 0 Å². The van der Waals surface area contributed by atoms with Crippen LogP contribution < -0.4 is 5.32 Å². The Bertz CT molecular complexity index is 913. The molecular weight excluding hydrogens is 363 g/mol. The first kappa shape index (κ1) is 19.7. The van der Waals surface area contributed by atoms with E-state index < -0.39 is 5.91 Å². The molecule has 0 aromatic heterocycles. The molecule has 28 heavy (non-hydrogen) atoms. The molecule has 0 atom stereocenters. The highest BCUT2D eigenvalue weighted by Crippen LogP contribution is 2.24. The number of ether oxygens (including phenoxy) is 1. The maximum absolute atomic E-state index is 13.6. The van der Waals surface area contributed by atoms with Gasteiger partial charge in [-0.2, -0.15) is 0 Å². The molecule has 1 N–H and O–H groups in total. The summed E-state index contributed by atoms with van der Waals surface area (Å²) >= 11 is 0. The SMILES string of the molecule is COCCCN1C(=O)c2ccc(C(=O)NCCc3ccccc3F)cc2C1=O. The second kappa shape index (κ2) is 8.75. The molecule has 0 saturated heterocycles. The number of carbonyl (C=O) groups excluding carboxylic acids is 3. The van der Waals surface area contributed by atoms with E-state index in [1.165, 1.54) is 29.2 Å². The number of fused-ring (bicyclic) bond motifs is 1. The Morgan fingerprint density at radius 3 is 2.61 bits per heavy atom. The van der Waals surface area contributed by atoms with Gasteiger partial charge in [-0.25, -0.2) is 4.39 Å². The molecule has 146 valence electrons. The number of methoxy groups -OCH3 is 1. The van der Waals surface area contributed by atoms with E-state index in [2.05, 4.69) is 5.32 Å². The third-order valence-electron chi connectivity index (χ3n) is 4.60. The number of rotatable bonds is 8. The zero-order valence-electron chi connectivity index (χ0n) is 15.5. The van der Waals surface area contributed by atoms with E-state index in [1.54, 1.807) is 25.3 Å². The molecule has 0 fully saturated rings. The van der Waals surface area contributed by atoms with Crippen LogP contribution in [-0.4, -0.2) is 49.4 Å². The van der Waals surface area contributed by atoms with Crippen molar-refractivity contribution in [2.75, 3.05) is 26.8 Å². The number of nitrogens with zero attached hydrogens (tertiary/aromatic N) is 1. The smallest absolute Gasteiger partial charge is 0.261 e. The first-order valence-corrected chi connectivity index (χ1v) is 9.03. The van der Waals surface area contributed by atoms with Crippen molar-refractivity contribution in [2.24, 2.45) is 0 Å². The summed E-state index contributed by atoms with van der Waals surface area (Å²) in [5.41, 5.74) is 1.32. The number of hydrogen-bond donors (Lipinski definition) is 1. The Hall–Kier alpha value is -3.06. The molecule has 0 unspecified atom stereocenters. The zero-order chi connectivity index (χ0) is 20.1. The summed E-state index contributed by atoms with van der Waals surface area (Å²) in [6, 6.07) is 10.8. The molecule has 3 amide bonds. The summed E-state index contributed by atoms with van der Waals surface area (Å²) in [6.45, 7) is 0.973. The molecule has 6 nitrogen and oxygen atoms in total. The molecule has 0 saturated carbocycles. The van der Waals surface area contributed by atoms with Crippen molar-refractivity contribution in [2.45, 2.75) is 12.8 Å². The number of amides is 3. The third-order valence-corrected chi connectivity index (χ3v) is 4.60. The largest absolute Gasteiger partial charge is 0.385 e. The molecule has 7 heteroatoms. The average Bonchev–Trinajstić information content (AvgIpc) is 2.94. The van der Waals surface area contributed by atoms with Gasteiger partial charge in [0.25, 0.3) is 17.7 Å². The third kappa shape index (κ3) is 4.09. The van der Waals surface area contributed by atoms with Gasteiger partial charge in [-0.15, -0.1) is 0 Å². The fraction of sp³-hybridized carbons (Fsp3) is 0.286. The summed E-state index contributed by atoms with van der Waals surface area (Å²) < 4.78 is 18.6. The molecule has 2 aromatic rings. The Labute approximate surface area is 162 Å². The molecular formula is C21H21FN2O4. The van der Waals surface area contributed by atoms with Crippen LogP contribution in [0.2, 0.25) is 0 Å². The normalized spacial score (nSPS) is 13.0. The van der Waals surface area contributed by atoms with Gasteiger partial charge >= 0.3 is 0 Å². The molecule has 1 aliphatic heterocycles. The average molecular weight is 384 g/mol. The number of halogens is 1. The van der Waals surface area contributed by atoms with Gasteiger partial charge in [0.1, 0.15) is 5.82 Å². The van der Waals surface area contributed by atoms with Crippen molar-refractivity contribution in [3.05, 3.63) is 70.5 Å². The lowest BCUT2D eigenvalue weighted by Gasteiger charge is -2.12. The molecule has 1 heterocycles. The highest BCUT2D eigenvalue weighted by atomic mass is 19.1. The molecule has 3 rings (SSSR count). The summed E-state index contributed by atoms with van der Waals surface area (Å²) in [4.78, 5) is 38.4. The van der Waals surface area contributed by atoms with E-state index in [0.29, 0.717) is 30.6 Å². The van der Waals surface area contributed by atoms with Crippen LogP contribution >= 0.6 is 0 Å². The lowest BCUT2D eigenvalue weighted by atomic mass is 10.1. The minimum Gasteiger partial charge on any atom is -0.385 e. The Morgan fingerprint density at radius 2 is 1.86 bits per heavy atom. The monoisotopic (exact) mass is 384 g/mol. The lowest BCUT2D eigenvalue weighted by Crippen LogP contribution is -2.31. The molecule has 0 radical (unpaired) electrons. The van der Waals surface area contributed by atoms with Gasteiger partial charge < -0.3 is 10.1 Å². The Balaban J connectivity index is 1.64. The standard InChI is InChI=1S/C21H21FN2O4/c1-28-12-4-11-24-20(26)16-8-7-15(13-17(16)21(24)27)19(25)23-10-9-14-5-2-3-6-18(14)22/h2-3,5-8,13H,4,9-12H2,1H3,(H,23,25). The molecule has 0 spiro atoms. The number of hydrogen-bond acceptors (Lipinski definition) is 4. The Morgan fingerprint density at radius 1 is 1.11 bits per heavy atom. The highest BCUT2D eigenvalue weighted by molar-refractivity contribution is 6.22. The first-order chi connectivity index (χ1) is 13.5. The number of carbonyl (C=O) groups is 3. The fourth-order valence-corrected chi connectivity index (χ4v) is 3.12. The van der Waals surface area contributed by atoms with Gasteiger partial charge in [0.2, 0.25) is 0 Å². The van der Waals surface area contributed by atoms with E-state index in [4.69, 9.17) is 4.74 Å². The second-order valence-electron chi connectivity index (χ2n) is 6.47. The topological polar surface area (TPSA) is 75.7 Å². The van der Waals surface area contributed by atoms with E-state index in [1.807, 2.05) is 0 Å². The van der Waals surface area contributed by atoms with Gasteiger partial charge in [-0.1, -0.05) is 18.2 Å². The molecule has 1 aliphatic rings. The van der Waals surface area contributed by atoms with Gasteiger partial charge in [-0.3, -0.25) is 19.3 Å². The van der Waals surface area contributed by atoms with Crippen LogP contribution in [0.15, 0.2) is 42.5 Å². The quantitative estimate of drug-likeness (QED) is 0.560. The van der Waals surface area contributed by atoms with Crippen molar-refractivity contribution in [1.82, 2.24) is 10.2 Å². The van der Waals surface area contributed by atoms with Crippen LogP contribution in [0.4, 0.5) is 4.39 Å². The summed E-state index contributed by atoms with van der Waals surface area (Å²) in [6.07, 6.45) is 0.902. The number of imide groups is 1. The maximum atomic E-state index is 13.6. The van der Waals surface area contributed by atoms with Crippen LogP contribution in [0.25, 0.3) is 0 Å². The van der Waals surface area contributed by atoms with Gasteiger partial charge in [-0.05, 0) is 42.7 Å². The van der Waals surface area contributed by atoms with E-state index in [0.717, 1.165) is 0 Å². The van der Waals surface area contributed by atoms with Crippen molar-refractivity contribution in [3.8, 4) is 0 Å². The summed E-state index contributed by atoms with van der Waals surface area (Å²) in [7, 11) is 1.56. The maximum Gasteiger partial charge on any atom is 0.261 e. The number of nitrogens with one attached hydrogen (secondary N) is 1. The molecule has 2 aromatic carbocycles. The van der Waals surface area contributed by atoms with Gasteiger partial charge in [0.15, 0.2) is 0 Å². The summed E-state index contributed by atoms with van der Waals surface area (Å²) in [5, 5.41) is 2.71. The molecule has 0 aliphatic carbocycles. The predicted octanol–water partition coefficient (Wildman–Crippen LogP) is 2.43. The fourth-order valence-electron chi connectivity index (χ4n) is 3.12. The number of benzene rings is 2. The van der Waals surface area contributed by atoms with E-state index in [-0.39, 0.29) is 41.8 Å².